The van der Waals surface area contributed by atoms with Crippen molar-refractivity contribution in [1.29, 1.82) is 0 Å². The molecule has 1 amide bonds. The van der Waals surface area contributed by atoms with E-state index in [9.17, 15) is 4.79 Å². The van der Waals surface area contributed by atoms with Crippen LogP contribution in [0.25, 0.3) is 0 Å². The molecule has 1 unspecified atom stereocenters. The summed E-state index contributed by atoms with van der Waals surface area (Å²) in [7, 11) is 5.64. The standard InChI is InChI=1S/C18H27N5O2S/c1-13(2)23-12-20-21-18(23)26-11-17(24)19-10-15(22(3)4)14-8-6-7-9-16(14)25-5/h6-9,12-13,15H,10-11H2,1-5H3,(H,19,24). The Morgan fingerprint density at radius 2 is 2.08 bits per heavy atom. The number of nitrogens with one attached hydrogen (secondary N) is 1. The number of nitrogens with zero attached hydrogens (tertiary/aromatic N) is 4. The molecule has 8 heteroatoms. The number of thioether (sulfide) groups is 1. The number of hydrogen-bond acceptors (Lipinski definition) is 6. The molecule has 0 saturated heterocycles. The van der Waals surface area contributed by atoms with Gasteiger partial charge in [-0.05, 0) is 34.0 Å². The molecule has 0 aliphatic rings. The van der Waals surface area contributed by atoms with Gasteiger partial charge in [0.05, 0.1) is 18.9 Å². The molecule has 7 nitrogen and oxygen atoms in total. The number of para-hydroxylation sites is 1. The van der Waals surface area contributed by atoms with Crippen LogP contribution in [0, 0.1) is 0 Å². The van der Waals surface area contributed by atoms with Crippen LogP contribution >= 0.6 is 11.8 Å². The van der Waals surface area contributed by atoms with Crippen LogP contribution in [0.15, 0.2) is 35.7 Å². The first-order valence-electron chi connectivity index (χ1n) is 8.52. The molecule has 2 rings (SSSR count). The Kier molecular flexibility index (Phi) is 7.47. The number of ether oxygens (including phenoxy) is 1. The number of carbonyl (C=O) groups is 1. The van der Waals surface area contributed by atoms with E-state index in [2.05, 4.69) is 34.3 Å². The van der Waals surface area contributed by atoms with Gasteiger partial charge >= 0.3 is 0 Å². The topological polar surface area (TPSA) is 72.3 Å². The molecule has 0 aliphatic carbocycles. The number of methoxy groups -OCH3 is 1. The van der Waals surface area contributed by atoms with E-state index in [0.29, 0.717) is 12.3 Å². The smallest absolute Gasteiger partial charge is 0.230 e. The minimum atomic E-state index is -0.0324. The van der Waals surface area contributed by atoms with Crippen LogP contribution in [-0.2, 0) is 4.79 Å². The average molecular weight is 378 g/mol. The molecule has 1 N–H and O–H groups in total. The zero-order chi connectivity index (χ0) is 19.1. The van der Waals surface area contributed by atoms with Gasteiger partial charge in [0.1, 0.15) is 12.1 Å². The lowest BCUT2D eigenvalue weighted by Crippen LogP contribution is -2.35. The van der Waals surface area contributed by atoms with E-state index in [4.69, 9.17) is 4.74 Å². The minimum Gasteiger partial charge on any atom is -0.496 e. The van der Waals surface area contributed by atoms with E-state index in [0.717, 1.165) is 16.5 Å². The summed E-state index contributed by atoms with van der Waals surface area (Å²) in [5.74, 6) is 1.09. The van der Waals surface area contributed by atoms with E-state index in [1.165, 1.54) is 11.8 Å². The van der Waals surface area contributed by atoms with Gasteiger partial charge in [0.15, 0.2) is 5.16 Å². The van der Waals surface area contributed by atoms with Gasteiger partial charge in [-0.2, -0.15) is 0 Å². The van der Waals surface area contributed by atoms with Crippen LogP contribution in [0.3, 0.4) is 0 Å². The predicted octanol–water partition coefficient (Wildman–Crippen LogP) is 2.38. The van der Waals surface area contributed by atoms with Gasteiger partial charge in [0, 0.05) is 18.2 Å². The van der Waals surface area contributed by atoms with Crippen molar-refractivity contribution >= 4 is 17.7 Å². The van der Waals surface area contributed by atoms with Crippen LogP contribution in [-0.4, -0.2) is 59.1 Å². The van der Waals surface area contributed by atoms with E-state index in [1.54, 1.807) is 13.4 Å². The first-order valence-corrected chi connectivity index (χ1v) is 9.51. The van der Waals surface area contributed by atoms with Gasteiger partial charge in [0.25, 0.3) is 0 Å². The normalized spacial score (nSPS) is 12.4. The second-order valence-corrected chi connectivity index (χ2v) is 7.37. The maximum atomic E-state index is 12.3. The summed E-state index contributed by atoms with van der Waals surface area (Å²) in [6.07, 6.45) is 1.69. The third-order valence-electron chi connectivity index (χ3n) is 4.04. The van der Waals surface area contributed by atoms with Crippen molar-refractivity contribution in [3.8, 4) is 5.75 Å². The third-order valence-corrected chi connectivity index (χ3v) is 5.00. The average Bonchev–Trinajstić information content (AvgIpc) is 3.09. The van der Waals surface area contributed by atoms with Gasteiger partial charge < -0.3 is 19.5 Å². The van der Waals surface area contributed by atoms with Gasteiger partial charge in [0.2, 0.25) is 5.91 Å². The molecule has 0 saturated carbocycles. The minimum absolute atomic E-state index is 0.0272. The lowest BCUT2D eigenvalue weighted by molar-refractivity contribution is -0.118. The summed E-state index contributed by atoms with van der Waals surface area (Å²) in [6, 6.07) is 8.16. The quantitative estimate of drug-likeness (QED) is 0.677. The summed E-state index contributed by atoms with van der Waals surface area (Å²) < 4.78 is 7.41. The highest BCUT2D eigenvalue weighted by atomic mass is 32.2. The molecule has 1 aromatic carbocycles. The largest absolute Gasteiger partial charge is 0.496 e. The van der Waals surface area contributed by atoms with Gasteiger partial charge in [-0.1, -0.05) is 30.0 Å². The lowest BCUT2D eigenvalue weighted by Gasteiger charge is -2.26. The highest BCUT2D eigenvalue weighted by molar-refractivity contribution is 7.99. The molecule has 0 aliphatic heterocycles. The summed E-state index contributed by atoms with van der Waals surface area (Å²) in [4.78, 5) is 14.4. The highest BCUT2D eigenvalue weighted by Gasteiger charge is 2.19. The maximum Gasteiger partial charge on any atom is 0.230 e. The number of rotatable bonds is 9. The Balaban J connectivity index is 1.94. The molecule has 0 fully saturated rings. The van der Waals surface area contributed by atoms with Crippen molar-refractivity contribution in [2.45, 2.75) is 31.1 Å². The van der Waals surface area contributed by atoms with Crippen LogP contribution in [0.1, 0.15) is 31.5 Å². The van der Waals surface area contributed by atoms with Gasteiger partial charge in [-0.25, -0.2) is 0 Å². The van der Waals surface area contributed by atoms with Gasteiger partial charge in [-0.15, -0.1) is 10.2 Å². The molecule has 0 radical (unpaired) electrons. The van der Waals surface area contributed by atoms with E-state index in [-0.39, 0.29) is 18.0 Å². The fraction of sp³-hybridized carbons (Fsp3) is 0.500. The molecule has 1 heterocycles. The van der Waals surface area contributed by atoms with Crippen molar-refractivity contribution in [3.63, 3.8) is 0 Å². The number of carbonyl (C=O) groups excluding carboxylic acids is 1. The predicted molar refractivity (Wildman–Crippen MR) is 104 cm³/mol. The first-order chi connectivity index (χ1) is 12.4. The Labute approximate surface area is 159 Å². The zero-order valence-electron chi connectivity index (χ0n) is 16.0. The second-order valence-electron chi connectivity index (χ2n) is 6.43. The summed E-state index contributed by atoms with van der Waals surface area (Å²) in [6.45, 7) is 4.62. The fourth-order valence-electron chi connectivity index (χ4n) is 2.59. The van der Waals surface area contributed by atoms with Crippen molar-refractivity contribution in [1.82, 2.24) is 25.0 Å². The fourth-order valence-corrected chi connectivity index (χ4v) is 3.47. The number of hydrogen-bond donors (Lipinski definition) is 1. The highest BCUT2D eigenvalue weighted by Crippen LogP contribution is 2.27. The summed E-state index contributed by atoms with van der Waals surface area (Å²) in [5.41, 5.74) is 1.05. The summed E-state index contributed by atoms with van der Waals surface area (Å²) in [5, 5.41) is 11.8. The number of benzene rings is 1. The van der Waals surface area contributed by atoms with E-state index < -0.39 is 0 Å². The number of aromatic nitrogens is 3. The number of amides is 1. The SMILES string of the molecule is COc1ccccc1C(CNC(=O)CSc1nncn1C(C)C)N(C)C. The van der Waals surface area contributed by atoms with Crippen molar-refractivity contribution in [2.24, 2.45) is 0 Å². The van der Waals surface area contributed by atoms with Crippen molar-refractivity contribution in [2.75, 3.05) is 33.5 Å². The van der Waals surface area contributed by atoms with Gasteiger partial charge in [-0.3, -0.25) is 4.79 Å². The van der Waals surface area contributed by atoms with Crippen LogP contribution in [0.4, 0.5) is 0 Å². The molecule has 1 atom stereocenters. The molecule has 0 bridgehead atoms. The molecular weight excluding hydrogens is 350 g/mol. The Morgan fingerprint density at radius 3 is 2.73 bits per heavy atom. The Hall–Kier alpha value is -2.06. The monoisotopic (exact) mass is 377 g/mol. The lowest BCUT2D eigenvalue weighted by atomic mass is 10.0. The molecule has 2 aromatic rings. The Bertz CT molecular complexity index is 717. The van der Waals surface area contributed by atoms with Crippen molar-refractivity contribution < 1.29 is 9.53 Å². The van der Waals surface area contributed by atoms with Crippen molar-refractivity contribution in [3.05, 3.63) is 36.2 Å². The van der Waals surface area contributed by atoms with E-state index in [1.807, 2.05) is 42.9 Å². The van der Waals surface area contributed by atoms with Crippen LogP contribution in [0.2, 0.25) is 0 Å². The maximum absolute atomic E-state index is 12.3. The Morgan fingerprint density at radius 1 is 1.35 bits per heavy atom. The molecular formula is C18H27N5O2S. The summed E-state index contributed by atoms with van der Waals surface area (Å²) >= 11 is 1.39. The molecule has 1 aromatic heterocycles. The van der Waals surface area contributed by atoms with Crippen LogP contribution < -0.4 is 10.1 Å². The molecule has 26 heavy (non-hydrogen) atoms. The zero-order valence-corrected chi connectivity index (χ0v) is 16.8. The molecule has 0 spiro atoms. The second kappa shape index (κ2) is 9.59. The third kappa shape index (κ3) is 5.22. The van der Waals surface area contributed by atoms with E-state index >= 15 is 0 Å². The first kappa shape index (κ1) is 20.3. The van der Waals surface area contributed by atoms with Crippen LogP contribution in [0.5, 0.6) is 5.75 Å². The molecule has 142 valence electrons. The number of likely N-dealkylation sites (N-methyl/N-ethyl adjacent to an activating group) is 1.